The fourth-order valence-electron chi connectivity index (χ4n) is 1.85. The van der Waals surface area contributed by atoms with Crippen LogP contribution in [0.25, 0.3) is 11.0 Å². The minimum atomic E-state index is -4.45. The van der Waals surface area contributed by atoms with Crippen molar-refractivity contribution in [2.24, 2.45) is 0 Å². The Labute approximate surface area is 107 Å². The number of halogens is 3. The first-order valence-electron chi connectivity index (χ1n) is 5.30. The normalized spacial score (nSPS) is 12.1. The number of aromatic nitrogens is 2. The molecule has 0 atom stereocenters. The quantitative estimate of drug-likeness (QED) is 0.727. The van der Waals surface area contributed by atoms with Crippen molar-refractivity contribution in [1.29, 1.82) is 0 Å². The molecule has 0 bridgehead atoms. The van der Waals surface area contributed by atoms with Crippen LogP contribution in [0.1, 0.15) is 22.4 Å². The number of hydrogen-bond donors (Lipinski definition) is 1. The number of rotatable bonds is 0. The molecule has 2 rings (SSSR count). The summed E-state index contributed by atoms with van der Waals surface area (Å²) in [6, 6.07) is 1.77. The zero-order valence-corrected chi connectivity index (χ0v) is 10.9. The number of fused-ring (bicyclic) bond motifs is 1. The average Bonchev–Trinajstić information content (AvgIpc) is 2.25. The predicted octanol–water partition coefficient (Wildman–Crippen LogP) is 4.24. The number of aryl methyl sites for hydroxylation is 2. The number of nitrogens with zero attached hydrogens (tertiary/aromatic N) is 1. The van der Waals surface area contributed by atoms with E-state index in [2.05, 4.69) is 9.97 Å². The minimum Gasteiger partial charge on any atom is -0.331 e. The molecule has 0 aliphatic heterocycles. The Morgan fingerprint density at radius 1 is 1.17 bits per heavy atom. The van der Waals surface area contributed by atoms with Gasteiger partial charge in [0.15, 0.2) is 0 Å². The van der Waals surface area contributed by atoms with E-state index in [1.165, 1.54) is 6.92 Å². The Bertz CT molecular complexity index is 686. The van der Waals surface area contributed by atoms with Crippen molar-refractivity contribution < 1.29 is 13.2 Å². The van der Waals surface area contributed by atoms with Gasteiger partial charge in [0, 0.05) is 5.39 Å². The fraction of sp³-hybridized carbons (Fsp3) is 0.333. The molecule has 2 heterocycles. The second-order valence-electron chi connectivity index (χ2n) is 4.25. The van der Waals surface area contributed by atoms with Crippen molar-refractivity contribution in [3.05, 3.63) is 33.1 Å². The van der Waals surface area contributed by atoms with Gasteiger partial charge in [-0.1, -0.05) is 12.2 Å². The van der Waals surface area contributed by atoms with Crippen LogP contribution in [-0.2, 0) is 6.18 Å². The Morgan fingerprint density at radius 3 is 2.33 bits per heavy atom. The third-order valence-electron chi connectivity index (χ3n) is 3.02. The van der Waals surface area contributed by atoms with Gasteiger partial charge in [-0.25, -0.2) is 4.98 Å². The number of pyridine rings is 2. The van der Waals surface area contributed by atoms with E-state index in [0.717, 1.165) is 5.56 Å². The second-order valence-corrected chi connectivity index (χ2v) is 4.66. The topological polar surface area (TPSA) is 28.7 Å². The highest BCUT2D eigenvalue weighted by Crippen LogP contribution is 2.33. The van der Waals surface area contributed by atoms with E-state index in [1.807, 2.05) is 6.92 Å². The van der Waals surface area contributed by atoms with Crippen LogP contribution < -0.4 is 0 Å². The Hall–Kier alpha value is -1.43. The van der Waals surface area contributed by atoms with Gasteiger partial charge in [0.1, 0.15) is 16.0 Å². The highest BCUT2D eigenvalue weighted by Gasteiger charge is 2.35. The molecule has 0 amide bonds. The molecule has 2 aromatic rings. The van der Waals surface area contributed by atoms with Crippen molar-refractivity contribution >= 4 is 23.3 Å². The maximum absolute atomic E-state index is 12.8. The molecular formula is C12H11F3N2S. The van der Waals surface area contributed by atoms with Crippen LogP contribution in [0, 0.1) is 25.4 Å². The number of H-pyrrole nitrogens is 1. The molecule has 18 heavy (non-hydrogen) atoms. The van der Waals surface area contributed by atoms with Gasteiger partial charge in [0.05, 0.1) is 0 Å². The highest BCUT2D eigenvalue weighted by molar-refractivity contribution is 7.71. The maximum Gasteiger partial charge on any atom is 0.433 e. The van der Waals surface area contributed by atoms with E-state index in [1.54, 1.807) is 13.0 Å². The van der Waals surface area contributed by atoms with Gasteiger partial charge < -0.3 is 4.98 Å². The molecule has 2 nitrogen and oxygen atoms in total. The molecule has 0 aliphatic carbocycles. The van der Waals surface area contributed by atoms with Crippen LogP contribution in [0.2, 0.25) is 0 Å². The summed E-state index contributed by atoms with van der Waals surface area (Å²) in [5.41, 5.74) is 0.867. The van der Waals surface area contributed by atoms with Crippen molar-refractivity contribution in [1.82, 2.24) is 9.97 Å². The molecule has 0 spiro atoms. The van der Waals surface area contributed by atoms with E-state index >= 15 is 0 Å². The summed E-state index contributed by atoms with van der Waals surface area (Å²) in [6.45, 7) is 4.90. The van der Waals surface area contributed by atoms with Gasteiger partial charge in [-0.05, 0) is 43.5 Å². The van der Waals surface area contributed by atoms with E-state index in [0.29, 0.717) is 15.6 Å². The van der Waals surface area contributed by atoms with E-state index in [4.69, 9.17) is 12.2 Å². The molecule has 0 aromatic carbocycles. The molecule has 0 saturated carbocycles. The van der Waals surface area contributed by atoms with Crippen LogP contribution in [0.15, 0.2) is 6.07 Å². The summed E-state index contributed by atoms with van der Waals surface area (Å²) in [5.74, 6) is 0. The predicted molar refractivity (Wildman–Crippen MR) is 66.1 cm³/mol. The van der Waals surface area contributed by atoms with Crippen molar-refractivity contribution in [2.75, 3.05) is 0 Å². The summed E-state index contributed by atoms with van der Waals surface area (Å²) < 4.78 is 38.9. The molecule has 0 fully saturated rings. The third kappa shape index (κ3) is 2.01. The number of nitrogens with one attached hydrogen (secondary N) is 1. The zero-order chi connectivity index (χ0) is 13.7. The molecular weight excluding hydrogens is 261 g/mol. The summed E-state index contributed by atoms with van der Waals surface area (Å²) in [7, 11) is 0. The number of hydrogen-bond acceptors (Lipinski definition) is 2. The first-order chi connectivity index (χ1) is 8.21. The number of alkyl halides is 3. The average molecular weight is 272 g/mol. The summed E-state index contributed by atoms with van der Waals surface area (Å²) in [4.78, 5) is 6.40. The molecule has 0 saturated heterocycles. The van der Waals surface area contributed by atoms with Crippen molar-refractivity contribution in [2.45, 2.75) is 26.9 Å². The van der Waals surface area contributed by atoms with Gasteiger partial charge in [-0.15, -0.1) is 0 Å². The third-order valence-corrected chi connectivity index (χ3v) is 3.44. The van der Waals surface area contributed by atoms with Crippen molar-refractivity contribution in [3.8, 4) is 0 Å². The minimum absolute atomic E-state index is 0.153. The molecule has 0 radical (unpaired) electrons. The van der Waals surface area contributed by atoms with E-state index in [9.17, 15) is 13.2 Å². The fourth-order valence-corrected chi connectivity index (χ4v) is 2.00. The van der Waals surface area contributed by atoms with Crippen LogP contribution >= 0.6 is 12.2 Å². The van der Waals surface area contributed by atoms with Gasteiger partial charge in [0.2, 0.25) is 0 Å². The lowest BCUT2D eigenvalue weighted by atomic mass is 10.0. The smallest absolute Gasteiger partial charge is 0.331 e. The van der Waals surface area contributed by atoms with Crippen molar-refractivity contribution in [3.63, 3.8) is 0 Å². The molecule has 0 aliphatic rings. The van der Waals surface area contributed by atoms with Crippen LogP contribution in [0.5, 0.6) is 0 Å². The van der Waals surface area contributed by atoms with Gasteiger partial charge in [0.25, 0.3) is 0 Å². The van der Waals surface area contributed by atoms with E-state index in [-0.39, 0.29) is 11.2 Å². The van der Waals surface area contributed by atoms with Gasteiger partial charge in [-0.2, -0.15) is 13.2 Å². The Balaban J connectivity index is 2.93. The largest absolute Gasteiger partial charge is 0.433 e. The molecule has 6 heteroatoms. The van der Waals surface area contributed by atoms with Gasteiger partial charge >= 0.3 is 6.18 Å². The van der Waals surface area contributed by atoms with Crippen LogP contribution in [0.3, 0.4) is 0 Å². The zero-order valence-electron chi connectivity index (χ0n) is 10.1. The van der Waals surface area contributed by atoms with E-state index < -0.39 is 11.9 Å². The SMILES string of the molecule is Cc1c(C(F)(F)F)nc2[nH]c(=S)c(C)cc2c1C. The summed E-state index contributed by atoms with van der Waals surface area (Å²) in [5, 5.41) is 0.673. The lowest BCUT2D eigenvalue weighted by molar-refractivity contribution is -0.141. The highest BCUT2D eigenvalue weighted by atomic mass is 32.1. The monoisotopic (exact) mass is 272 g/mol. The van der Waals surface area contributed by atoms with Gasteiger partial charge in [-0.3, -0.25) is 0 Å². The second kappa shape index (κ2) is 4.05. The first-order valence-corrected chi connectivity index (χ1v) is 5.70. The standard InChI is InChI=1S/C12H11F3N2S/c1-5-4-8-6(2)7(3)9(12(13,14)15)16-10(8)17-11(5)18/h4H,1-3H3,(H,16,17,18). The summed E-state index contributed by atoms with van der Waals surface area (Å²) in [6.07, 6.45) is -4.45. The molecule has 0 unspecified atom stereocenters. The molecule has 2 aromatic heterocycles. The van der Waals surface area contributed by atoms with Crippen LogP contribution in [0.4, 0.5) is 13.2 Å². The first kappa shape index (κ1) is 13.0. The van der Waals surface area contributed by atoms with Crippen LogP contribution in [-0.4, -0.2) is 9.97 Å². The lowest BCUT2D eigenvalue weighted by Gasteiger charge is -2.14. The lowest BCUT2D eigenvalue weighted by Crippen LogP contribution is -2.12. The molecule has 96 valence electrons. The molecule has 1 N–H and O–H groups in total. The Kier molecular flexibility index (Phi) is 2.93. The summed E-state index contributed by atoms with van der Waals surface area (Å²) >= 11 is 5.02. The Morgan fingerprint density at radius 2 is 1.78 bits per heavy atom. The maximum atomic E-state index is 12.8. The number of aromatic amines is 1.